The van der Waals surface area contributed by atoms with E-state index in [0.717, 1.165) is 29.1 Å². The number of aryl methyl sites for hydroxylation is 1. The van der Waals surface area contributed by atoms with Crippen LogP contribution in [0.2, 0.25) is 0 Å². The summed E-state index contributed by atoms with van der Waals surface area (Å²) in [7, 11) is 1.72. The minimum absolute atomic E-state index is 0.0898. The van der Waals surface area contributed by atoms with Crippen molar-refractivity contribution in [1.82, 2.24) is 0 Å². The van der Waals surface area contributed by atoms with E-state index in [1.807, 2.05) is 19.1 Å². The number of rotatable bonds is 5. The summed E-state index contributed by atoms with van der Waals surface area (Å²) < 4.78 is 11.8. The van der Waals surface area contributed by atoms with E-state index in [1.54, 1.807) is 7.11 Å². The van der Waals surface area contributed by atoms with Crippen molar-refractivity contribution in [1.29, 1.82) is 0 Å². The number of hydrogen-bond donors (Lipinski definition) is 0. The maximum absolute atomic E-state index is 6.23. The van der Waals surface area contributed by atoms with Gasteiger partial charge in [0.15, 0.2) is 0 Å². The van der Waals surface area contributed by atoms with E-state index in [4.69, 9.17) is 9.15 Å². The molecule has 0 fully saturated rings. The van der Waals surface area contributed by atoms with Crippen LogP contribution < -0.4 is 0 Å². The van der Waals surface area contributed by atoms with Crippen LogP contribution in [0.15, 0.2) is 65.1 Å². The highest BCUT2D eigenvalue weighted by atomic mass is 16.5. The van der Waals surface area contributed by atoms with Crippen molar-refractivity contribution in [2.24, 2.45) is 0 Å². The van der Waals surface area contributed by atoms with Gasteiger partial charge in [0.2, 0.25) is 0 Å². The van der Waals surface area contributed by atoms with Crippen molar-refractivity contribution in [3.63, 3.8) is 0 Å². The van der Waals surface area contributed by atoms with Crippen LogP contribution in [0, 0.1) is 0 Å². The Bertz CT molecular complexity index is 757. The molecular weight excluding hydrogens is 284 g/mol. The minimum atomic E-state index is -0.0898. The summed E-state index contributed by atoms with van der Waals surface area (Å²) in [6.45, 7) is 4.15. The van der Waals surface area contributed by atoms with Gasteiger partial charge in [0.05, 0.1) is 0 Å². The van der Waals surface area contributed by atoms with Crippen LogP contribution in [0.25, 0.3) is 22.3 Å². The van der Waals surface area contributed by atoms with E-state index in [2.05, 4.69) is 55.5 Å². The normalized spacial score (nSPS) is 12.3. The van der Waals surface area contributed by atoms with Crippen LogP contribution >= 0.6 is 0 Å². The summed E-state index contributed by atoms with van der Waals surface area (Å²) in [6.07, 6.45) is 0.758. The van der Waals surface area contributed by atoms with Gasteiger partial charge >= 0.3 is 0 Å². The van der Waals surface area contributed by atoms with Gasteiger partial charge in [0, 0.05) is 24.7 Å². The lowest BCUT2D eigenvalue weighted by molar-refractivity contribution is 0.0989. The van der Waals surface area contributed by atoms with E-state index in [-0.39, 0.29) is 6.10 Å². The average Bonchev–Trinajstić information content (AvgIpc) is 3.02. The zero-order chi connectivity index (χ0) is 16.2. The highest BCUT2D eigenvalue weighted by Crippen LogP contribution is 2.43. The Morgan fingerprint density at radius 3 is 1.87 bits per heavy atom. The minimum Gasteiger partial charge on any atom is -0.462 e. The molecule has 2 heteroatoms. The Morgan fingerprint density at radius 2 is 1.39 bits per heavy atom. The van der Waals surface area contributed by atoms with Gasteiger partial charge in [0.1, 0.15) is 17.6 Å². The molecule has 2 aromatic carbocycles. The summed E-state index contributed by atoms with van der Waals surface area (Å²) in [4.78, 5) is 0. The van der Waals surface area contributed by atoms with Crippen molar-refractivity contribution < 1.29 is 9.15 Å². The fourth-order valence-electron chi connectivity index (χ4n) is 2.94. The molecule has 1 heterocycles. The topological polar surface area (TPSA) is 22.4 Å². The second-order valence-electron chi connectivity index (χ2n) is 5.60. The molecule has 0 aliphatic rings. The van der Waals surface area contributed by atoms with Crippen molar-refractivity contribution in [2.45, 2.75) is 26.4 Å². The Labute approximate surface area is 137 Å². The van der Waals surface area contributed by atoms with Crippen LogP contribution in [-0.4, -0.2) is 7.11 Å². The highest BCUT2D eigenvalue weighted by molar-refractivity contribution is 5.86. The summed E-state index contributed by atoms with van der Waals surface area (Å²) in [5, 5.41) is 0. The van der Waals surface area contributed by atoms with E-state index in [9.17, 15) is 0 Å². The maximum atomic E-state index is 6.23. The fourth-order valence-corrected chi connectivity index (χ4v) is 2.94. The number of hydrogen-bond acceptors (Lipinski definition) is 2. The van der Waals surface area contributed by atoms with Gasteiger partial charge in [-0.1, -0.05) is 67.6 Å². The average molecular weight is 306 g/mol. The molecule has 0 N–H and O–H groups in total. The molecule has 118 valence electrons. The smallest absolute Gasteiger partial charge is 0.141 e. The number of benzene rings is 2. The number of methoxy groups -OCH3 is 1. The summed E-state index contributed by atoms with van der Waals surface area (Å²) in [5.74, 6) is 1.91. The first-order chi connectivity index (χ1) is 11.3. The molecule has 2 nitrogen and oxygen atoms in total. The van der Waals surface area contributed by atoms with Crippen LogP contribution in [-0.2, 0) is 11.2 Å². The van der Waals surface area contributed by atoms with Crippen LogP contribution in [0.3, 0.4) is 0 Å². The largest absolute Gasteiger partial charge is 0.462 e. The molecule has 0 radical (unpaired) electrons. The molecule has 1 atom stereocenters. The highest BCUT2D eigenvalue weighted by Gasteiger charge is 2.25. The third-order valence-electron chi connectivity index (χ3n) is 4.18. The Hall–Kier alpha value is -2.32. The van der Waals surface area contributed by atoms with Gasteiger partial charge in [-0.3, -0.25) is 0 Å². The molecule has 0 saturated heterocycles. The zero-order valence-electron chi connectivity index (χ0n) is 13.9. The first-order valence-corrected chi connectivity index (χ1v) is 8.05. The van der Waals surface area contributed by atoms with Crippen LogP contribution in [0.4, 0.5) is 0 Å². The molecule has 0 spiro atoms. The summed E-state index contributed by atoms with van der Waals surface area (Å²) in [5.41, 5.74) is 4.66. The lowest BCUT2D eigenvalue weighted by atomic mass is 9.93. The third kappa shape index (κ3) is 2.95. The third-order valence-corrected chi connectivity index (χ3v) is 4.18. The van der Waals surface area contributed by atoms with E-state index in [0.29, 0.717) is 0 Å². The maximum Gasteiger partial charge on any atom is 0.141 e. The van der Waals surface area contributed by atoms with Gasteiger partial charge in [-0.25, -0.2) is 0 Å². The van der Waals surface area contributed by atoms with Gasteiger partial charge in [-0.2, -0.15) is 0 Å². The van der Waals surface area contributed by atoms with E-state index >= 15 is 0 Å². The Kier molecular flexibility index (Phi) is 4.63. The zero-order valence-corrected chi connectivity index (χ0v) is 13.9. The van der Waals surface area contributed by atoms with Crippen molar-refractivity contribution in [2.75, 3.05) is 7.11 Å². The lowest BCUT2D eigenvalue weighted by Gasteiger charge is -2.11. The van der Waals surface area contributed by atoms with Crippen molar-refractivity contribution in [3.05, 3.63) is 72.2 Å². The van der Waals surface area contributed by atoms with Crippen LogP contribution in [0.1, 0.15) is 31.5 Å². The molecule has 0 saturated carbocycles. The molecule has 0 aliphatic carbocycles. The van der Waals surface area contributed by atoms with Crippen molar-refractivity contribution >= 4 is 0 Å². The lowest BCUT2D eigenvalue weighted by Crippen LogP contribution is -1.96. The molecule has 23 heavy (non-hydrogen) atoms. The first-order valence-electron chi connectivity index (χ1n) is 8.05. The Morgan fingerprint density at radius 1 is 0.870 bits per heavy atom. The molecular formula is C21H22O2. The van der Waals surface area contributed by atoms with Gasteiger partial charge in [-0.05, 0) is 18.1 Å². The predicted octanol–water partition coefficient (Wildman–Crippen LogP) is 5.88. The quantitative estimate of drug-likeness (QED) is 0.587. The molecule has 0 bridgehead atoms. The van der Waals surface area contributed by atoms with Crippen LogP contribution in [0.5, 0.6) is 0 Å². The fraction of sp³-hybridized carbons (Fsp3) is 0.238. The number of ether oxygens (including phenoxy) is 1. The SMILES string of the molecule is CCc1oc(C(C)OC)c(-c2ccccc2)c1-c1ccccc1. The molecule has 3 rings (SSSR count). The molecule has 1 unspecified atom stereocenters. The molecule has 0 amide bonds. The van der Waals surface area contributed by atoms with E-state index in [1.165, 1.54) is 11.1 Å². The standard InChI is InChI=1S/C21H22O2/c1-4-18-19(16-11-7-5-8-12-16)20(17-13-9-6-10-14-17)21(23-18)15(2)22-3/h5-15H,4H2,1-3H3. The van der Waals surface area contributed by atoms with Gasteiger partial charge in [-0.15, -0.1) is 0 Å². The molecule has 1 aromatic heterocycles. The second kappa shape index (κ2) is 6.84. The monoisotopic (exact) mass is 306 g/mol. The van der Waals surface area contributed by atoms with E-state index < -0.39 is 0 Å². The molecule has 0 aliphatic heterocycles. The first kappa shape index (κ1) is 15.6. The van der Waals surface area contributed by atoms with Crippen molar-refractivity contribution in [3.8, 4) is 22.3 Å². The number of furan rings is 1. The molecule has 3 aromatic rings. The summed E-state index contributed by atoms with van der Waals surface area (Å²) in [6, 6.07) is 20.8. The Balaban J connectivity index is 2.31. The second-order valence-corrected chi connectivity index (χ2v) is 5.60. The summed E-state index contributed by atoms with van der Waals surface area (Å²) >= 11 is 0. The van der Waals surface area contributed by atoms with Gasteiger partial charge in [0.25, 0.3) is 0 Å². The predicted molar refractivity (Wildman–Crippen MR) is 94.4 cm³/mol. The van der Waals surface area contributed by atoms with Gasteiger partial charge < -0.3 is 9.15 Å².